The van der Waals surface area contributed by atoms with Crippen molar-refractivity contribution in [1.29, 1.82) is 0 Å². The lowest BCUT2D eigenvalue weighted by Gasteiger charge is -2.33. The van der Waals surface area contributed by atoms with Gasteiger partial charge >= 0.3 is 6.09 Å². The number of aromatic amines is 1. The molecular formula is C35H42N4O6S. The Kier molecular flexibility index (Phi) is 9.51. The summed E-state index contributed by atoms with van der Waals surface area (Å²) >= 11 is 1.74. The van der Waals surface area contributed by atoms with Crippen LogP contribution >= 0.6 is 11.9 Å². The fraction of sp³-hybridized carbons (Fsp3) is 0.429. The Hall–Kier alpha value is -4.09. The molecule has 4 aromatic rings. The van der Waals surface area contributed by atoms with E-state index in [2.05, 4.69) is 15.8 Å². The number of aryl methyl sites for hydroxylation is 1. The maximum Gasteiger partial charge on any atom is 0.410 e. The van der Waals surface area contributed by atoms with E-state index >= 15 is 0 Å². The molecule has 244 valence electrons. The number of nitrogens with one attached hydrogen (secondary N) is 2. The largest absolute Gasteiger partial charge is 0.491 e. The molecule has 2 aliphatic rings. The molecule has 0 unspecified atom stereocenters. The van der Waals surface area contributed by atoms with Crippen molar-refractivity contribution in [1.82, 2.24) is 14.5 Å². The number of anilines is 1. The molecule has 2 N–H and O–H groups in total. The van der Waals surface area contributed by atoms with Gasteiger partial charge in [0.25, 0.3) is 5.56 Å². The predicted molar refractivity (Wildman–Crippen MR) is 182 cm³/mol. The van der Waals surface area contributed by atoms with Crippen LogP contribution in [0, 0.1) is 0 Å². The Morgan fingerprint density at radius 1 is 1.00 bits per heavy atom. The van der Waals surface area contributed by atoms with Gasteiger partial charge in [0.1, 0.15) is 35.0 Å². The van der Waals surface area contributed by atoms with Crippen molar-refractivity contribution in [3.63, 3.8) is 0 Å². The summed E-state index contributed by atoms with van der Waals surface area (Å²) in [6, 6.07) is 15.5. The molecule has 46 heavy (non-hydrogen) atoms. The number of aromatic nitrogens is 2. The Balaban J connectivity index is 1.09. The fourth-order valence-corrected chi connectivity index (χ4v) is 6.18. The van der Waals surface area contributed by atoms with Crippen LogP contribution in [0.1, 0.15) is 46.5 Å². The number of likely N-dealkylation sites (tertiary alicyclic amines) is 1. The van der Waals surface area contributed by atoms with Gasteiger partial charge in [-0.1, -0.05) is 6.07 Å². The normalized spacial score (nSPS) is 15.6. The first-order valence-corrected chi connectivity index (χ1v) is 16.7. The second-order valence-electron chi connectivity index (χ2n) is 12.8. The van der Waals surface area contributed by atoms with E-state index in [4.69, 9.17) is 18.9 Å². The van der Waals surface area contributed by atoms with Crippen LogP contribution in [-0.4, -0.2) is 63.8 Å². The van der Waals surface area contributed by atoms with Gasteiger partial charge in [0.2, 0.25) is 0 Å². The lowest BCUT2D eigenvalue weighted by molar-refractivity contribution is -0.0177. The lowest BCUT2D eigenvalue weighted by Crippen LogP contribution is -2.43. The number of carbonyl (C=O) groups excluding carboxylic acids is 1. The highest BCUT2D eigenvalue weighted by molar-refractivity contribution is 8.01. The Morgan fingerprint density at radius 2 is 1.78 bits per heavy atom. The van der Waals surface area contributed by atoms with Gasteiger partial charge in [-0.05, 0) is 94.8 Å². The molecule has 6 rings (SSSR count). The highest BCUT2D eigenvalue weighted by Crippen LogP contribution is 2.40. The van der Waals surface area contributed by atoms with E-state index in [0.717, 1.165) is 35.0 Å². The van der Waals surface area contributed by atoms with Gasteiger partial charge in [-0.15, -0.1) is 0 Å². The average molecular weight is 647 g/mol. The van der Waals surface area contributed by atoms with Crippen LogP contribution in [0.3, 0.4) is 0 Å². The number of fused-ring (bicyclic) bond motifs is 1. The topological polar surface area (TPSA) is 107 Å². The molecule has 0 bridgehead atoms. The third-order valence-corrected chi connectivity index (χ3v) is 9.02. The van der Waals surface area contributed by atoms with E-state index in [1.165, 1.54) is 12.8 Å². The molecule has 2 aromatic heterocycles. The van der Waals surface area contributed by atoms with E-state index in [9.17, 15) is 9.59 Å². The van der Waals surface area contributed by atoms with Crippen molar-refractivity contribution < 1.29 is 23.7 Å². The number of piperidine rings is 1. The summed E-state index contributed by atoms with van der Waals surface area (Å²) in [5.41, 5.74) is 2.73. The number of H-pyrrole nitrogens is 1. The smallest absolute Gasteiger partial charge is 0.410 e. The molecule has 2 aromatic carbocycles. The average Bonchev–Trinajstić information content (AvgIpc) is 3.73. The molecule has 0 spiro atoms. The summed E-state index contributed by atoms with van der Waals surface area (Å²) < 4.78 is 29.1. The summed E-state index contributed by atoms with van der Waals surface area (Å²) in [6.45, 7) is 7.70. The van der Waals surface area contributed by atoms with Gasteiger partial charge in [0.15, 0.2) is 0 Å². The van der Waals surface area contributed by atoms with Crippen molar-refractivity contribution in [2.24, 2.45) is 7.05 Å². The number of carbonyl (C=O) groups is 1. The standard InChI is InChI=1S/C35H42N4O6S/c1-35(2,3)45-34(41)39-16-13-24(14-17-39)42-18-19-43-25-6-5-7-26(21-25)44-31-11-8-23(37-46-27-9-10-27)20-29(31)30-22-38(4)33(40)32-28(30)12-15-36-32/h5-8,11-12,15,20-22,24,27,36-37H,9-10,13-14,16-19H2,1-4H3. The second-order valence-corrected chi connectivity index (χ2v) is 13.9. The maximum absolute atomic E-state index is 12.8. The molecule has 11 heteroatoms. The van der Waals surface area contributed by atoms with Crippen LogP contribution in [0.15, 0.2) is 65.7 Å². The Morgan fingerprint density at radius 3 is 2.54 bits per heavy atom. The molecule has 1 amide bonds. The number of ether oxygens (including phenoxy) is 4. The van der Waals surface area contributed by atoms with E-state index in [-0.39, 0.29) is 17.8 Å². The van der Waals surface area contributed by atoms with Crippen LogP contribution in [0.5, 0.6) is 17.2 Å². The minimum Gasteiger partial charge on any atom is -0.491 e. The SMILES string of the molecule is Cn1cc(-c2cc(NSC3CC3)ccc2Oc2cccc(OCCOC3CCN(C(=O)OC(C)(C)C)CC3)c2)c2cc[nH]c2c1=O. The number of rotatable bonds is 11. The molecular weight excluding hydrogens is 604 g/mol. The molecule has 10 nitrogen and oxygen atoms in total. The second kappa shape index (κ2) is 13.7. The van der Waals surface area contributed by atoms with Crippen molar-refractivity contribution in [2.45, 2.75) is 63.4 Å². The van der Waals surface area contributed by atoms with Crippen molar-refractivity contribution in [3.05, 3.63) is 71.3 Å². The number of nitrogens with zero attached hydrogens (tertiary/aromatic N) is 2. The molecule has 2 fully saturated rings. The Bertz CT molecular complexity index is 1730. The summed E-state index contributed by atoms with van der Waals surface area (Å²) in [5.74, 6) is 1.98. The molecule has 1 aliphatic heterocycles. The van der Waals surface area contributed by atoms with Crippen LogP contribution in [0.25, 0.3) is 22.0 Å². The van der Waals surface area contributed by atoms with E-state index in [0.29, 0.717) is 54.3 Å². The maximum atomic E-state index is 12.8. The Labute approximate surface area is 273 Å². The van der Waals surface area contributed by atoms with Crippen LogP contribution < -0.4 is 19.8 Å². The number of hydrogen-bond donors (Lipinski definition) is 2. The van der Waals surface area contributed by atoms with Crippen molar-refractivity contribution in [2.75, 3.05) is 31.0 Å². The van der Waals surface area contributed by atoms with Gasteiger partial charge < -0.3 is 38.1 Å². The van der Waals surface area contributed by atoms with Crippen molar-refractivity contribution in [3.8, 4) is 28.4 Å². The number of amides is 1. The zero-order valence-corrected chi connectivity index (χ0v) is 27.7. The number of hydrogen-bond acceptors (Lipinski definition) is 8. The summed E-state index contributed by atoms with van der Waals surface area (Å²) in [4.78, 5) is 29.9. The molecule has 1 saturated heterocycles. The molecule has 1 saturated carbocycles. The molecule has 0 atom stereocenters. The van der Waals surface area contributed by atoms with E-state index in [1.54, 1.807) is 34.7 Å². The molecule has 0 radical (unpaired) electrons. The summed E-state index contributed by atoms with van der Waals surface area (Å²) in [5, 5.41) is 1.49. The fourth-order valence-electron chi connectivity index (χ4n) is 5.37. The van der Waals surface area contributed by atoms with Gasteiger partial charge in [0.05, 0.1) is 12.7 Å². The minimum absolute atomic E-state index is 0.0788. The first-order chi connectivity index (χ1) is 22.1. The van der Waals surface area contributed by atoms with Gasteiger partial charge in [0, 0.05) is 66.0 Å². The monoisotopic (exact) mass is 646 g/mol. The van der Waals surface area contributed by atoms with Gasteiger partial charge in [-0.3, -0.25) is 4.79 Å². The van der Waals surface area contributed by atoms with Gasteiger partial charge in [-0.2, -0.15) is 0 Å². The van der Waals surface area contributed by atoms with E-state index < -0.39 is 5.60 Å². The predicted octanol–water partition coefficient (Wildman–Crippen LogP) is 7.34. The molecule has 3 heterocycles. The quantitative estimate of drug-likeness (QED) is 0.129. The zero-order chi connectivity index (χ0) is 32.3. The number of pyridine rings is 1. The highest BCUT2D eigenvalue weighted by Gasteiger charge is 2.27. The highest BCUT2D eigenvalue weighted by atomic mass is 32.2. The first-order valence-electron chi connectivity index (χ1n) is 15.9. The van der Waals surface area contributed by atoms with Crippen LogP contribution in [-0.2, 0) is 16.5 Å². The third-order valence-electron chi connectivity index (χ3n) is 7.86. The van der Waals surface area contributed by atoms with Crippen LogP contribution in [0.2, 0.25) is 0 Å². The molecule has 1 aliphatic carbocycles. The number of benzene rings is 2. The van der Waals surface area contributed by atoms with Gasteiger partial charge in [-0.25, -0.2) is 4.79 Å². The summed E-state index contributed by atoms with van der Waals surface area (Å²) in [6.07, 6.45) is 7.46. The van der Waals surface area contributed by atoms with Crippen molar-refractivity contribution >= 4 is 34.6 Å². The van der Waals surface area contributed by atoms with E-state index in [1.807, 2.05) is 69.4 Å². The lowest BCUT2D eigenvalue weighted by atomic mass is 10.0. The zero-order valence-electron chi connectivity index (χ0n) is 26.8. The minimum atomic E-state index is -0.499. The third kappa shape index (κ3) is 8.00. The summed E-state index contributed by atoms with van der Waals surface area (Å²) in [7, 11) is 1.76. The first kappa shape index (κ1) is 31.9. The van der Waals surface area contributed by atoms with Crippen LogP contribution in [0.4, 0.5) is 10.5 Å².